The van der Waals surface area contributed by atoms with E-state index < -0.39 is 0 Å². The van der Waals surface area contributed by atoms with Crippen molar-refractivity contribution in [3.05, 3.63) is 0 Å². The van der Waals surface area contributed by atoms with Crippen molar-refractivity contribution in [1.82, 2.24) is 4.90 Å². The van der Waals surface area contributed by atoms with E-state index in [-0.39, 0.29) is 24.4 Å². The standard InChI is InChI=1S/C14H25NO3/c1-10(2)5-7-15(8-6-11(3)4)12-9-13(16)18-14(12)17/h10-12H,5-9H2,1-4H3. The molecule has 1 aliphatic rings. The first-order chi connectivity index (χ1) is 8.40. The van der Waals surface area contributed by atoms with E-state index in [2.05, 4.69) is 37.3 Å². The van der Waals surface area contributed by atoms with Crippen molar-refractivity contribution in [1.29, 1.82) is 0 Å². The van der Waals surface area contributed by atoms with Crippen LogP contribution < -0.4 is 0 Å². The zero-order chi connectivity index (χ0) is 13.7. The predicted molar refractivity (Wildman–Crippen MR) is 70.0 cm³/mol. The first-order valence-corrected chi connectivity index (χ1v) is 6.88. The highest BCUT2D eigenvalue weighted by molar-refractivity contribution is 5.96. The lowest BCUT2D eigenvalue weighted by atomic mass is 10.1. The van der Waals surface area contributed by atoms with E-state index in [0.29, 0.717) is 11.8 Å². The fraction of sp³-hybridized carbons (Fsp3) is 0.857. The summed E-state index contributed by atoms with van der Waals surface area (Å²) in [5.74, 6) is 0.441. The third-order valence-corrected chi connectivity index (χ3v) is 3.27. The lowest BCUT2D eigenvalue weighted by molar-refractivity contribution is -0.153. The maximum atomic E-state index is 11.6. The quantitative estimate of drug-likeness (QED) is 0.517. The van der Waals surface area contributed by atoms with Crippen LogP contribution in [0.25, 0.3) is 0 Å². The van der Waals surface area contributed by atoms with E-state index in [1.165, 1.54) is 0 Å². The summed E-state index contributed by atoms with van der Waals surface area (Å²) in [6.07, 6.45) is 2.29. The minimum atomic E-state index is -0.385. The second-order valence-electron chi connectivity index (χ2n) is 5.91. The highest BCUT2D eigenvalue weighted by atomic mass is 16.6. The topological polar surface area (TPSA) is 46.6 Å². The van der Waals surface area contributed by atoms with Gasteiger partial charge < -0.3 is 4.74 Å². The van der Waals surface area contributed by atoms with Crippen LogP contribution in [0.1, 0.15) is 47.0 Å². The molecule has 4 heteroatoms. The van der Waals surface area contributed by atoms with Crippen LogP contribution in [-0.2, 0) is 14.3 Å². The van der Waals surface area contributed by atoms with E-state index in [9.17, 15) is 9.59 Å². The van der Waals surface area contributed by atoms with Crippen molar-refractivity contribution in [2.45, 2.75) is 53.0 Å². The van der Waals surface area contributed by atoms with Gasteiger partial charge in [0.15, 0.2) is 0 Å². The Morgan fingerprint density at radius 1 is 1.11 bits per heavy atom. The number of nitrogens with zero attached hydrogens (tertiary/aromatic N) is 1. The van der Waals surface area contributed by atoms with Crippen molar-refractivity contribution in [2.24, 2.45) is 11.8 Å². The molecule has 0 aliphatic carbocycles. The molecule has 0 aromatic rings. The molecule has 0 bridgehead atoms. The summed E-state index contributed by atoms with van der Waals surface area (Å²) in [4.78, 5) is 24.9. The van der Waals surface area contributed by atoms with Crippen molar-refractivity contribution in [2.75, 3.05) is 13.1 Å². The van der Waals surface area contributed by atoms with Gasteiger partial charge in [0.25, 0.3) is 0 Å². The van der Waals surface area contributed by atoms with Gasteiger partial charge in [-0.05, 0) is 37.8 Å². The van der Waals surface area contributed by atoms with E-state index in [0.717, 1.165) is 25.9 Å². The molecule has 1 rings (SSSR count). The highest BCUT2D eigenvalue weighted by Crippen LogP contribution is 2.18. The molecular weight excluding hydrogens is 230 g/mol. The minimum absolute atomic E-state index is 0.217. The molecule has 1 fully saturated rings. The summed E-state index contributed by atoms with van der Waals surface area (Å²) < 4.78 is 4.65. The van der Waals surface area contributed by atoms with E-state index in [4.69, 9.17) is 0 Å². The van der Waals surface area contributed by atoms with Gasteiger partial charge in [-0.25, -0.2) is 4.79 Å². The maximum absolute atomic E-state index is 11.6. The first kappa shape index (κ1) is 15.2. The van der Waals surface area contributed by atoms with Crippen LogP contribution >= 0.6 is 0 Å². The maximum Gasteiger partial charge on any atom is 0.331 e. The SMILES string of the molecule is CC(C)CCN(CCC(C)C)C1CC(=O)OC1=O. The number of carbonyl (C=O) groups excluding carboxylic acids is 2. The molecular formula is C14H25NO3. The molecule has 1 atom stereocenters. The summed E-state index contributed by atoms with van der Waals surface area (Å²) in [5, 5.41) is 0. The Bertz CT molecular complexity index is 287. The fourth-order valence-electron chi connectivity index (χ4n) is 2.01. The van der Waals surface area contributed by atoms with Gasteiger partial charge >= 0.3 is 11.9 Å². The third kappa shape index (κ3) is 4.77. The number of esters is 2. The van der Waals surface area contributed by atoms with Crippen LogP contribution in [0.4, 0.5) is 0 Å². The number of rotatable bonds is 7. The van der Waals surface area contributed by atoms with E-state index >= 15 is 0 Å². The third-order valence-electron chi connectivity index (χ3n) is 3.27. The molecule has 1 unspecified atom stereocenters. The van der Waals surface area contributed by atoms with Crippen molar-refractivity contribution < 1.29 is 14.3 Å². The largest absolute Gasteiger partial charge is 0.392 e. The van der Waals surface area contributed by atoms with Gasteiger partial charge in [-0.15, -0.1) is 0 Å². The van der Waals surface area contributed by atoms with Gasteiger partial charge in [0.05, 0.1) is 6.42 Å². The number of hydrogen-bond donors (Lipinski definition) is 0. The molecule has 0 N–H and O–H groups in total. The first-order valence-electron chi connectivity index (χ1n) is 6.88. The van der Waals surface area contributed by atoms with Crippen molar-refractivity contribution in [3.63, 3.8) is 0 Å². The number of cyclic esters (lactones) is 2. The Hall–Kier alpha value is -0.900. The highest BCUT2D eigenvalue weighted by Gasteiger charge is 2.37. The monoisotopic (exact) mass is 255 g/mol. The van der Waals surface area contributed by atoms with E-state index in [1.54, 1.807) is 0 Å². The molecule has 4 nitrogen and oxygen atoms in total. The van der Waals surface area contributed by atoms with Crippen LogP contribution in [-0.4, -0.2) is 36.0 Å². The Morgan fingerprint density at radius 3 is 1.94 bits per heavy atom. The van der Waals surface area contributed by atoms with Crippen LogP contribution in [0.15, 0.2) is 0 Å². The van der Waals surface area contributed by atoms with Crippen LogP contribution in [0.3, 0.4) is 0 Å². The molecule has 0 spiro atoms. The van der Waals surface area contributed by atoms with Crippen LogP contribution in [0.2, 0.25) is 0 Å². The Morgan fingerprint density at radius 2 is 1.61 bits per heavy atom. The van der Waals surface area contributed by atoms with Crippen LogP contribution in [0, 0.1) is 11.8 Å². The molecule has 1 saturated heterocycles. The molecule has 1 heterocycles. The van der Waals surface area contributed by atoms with Crippen molar-refractivity contribution >= 4 is 11.9 Å². The average Bonchev–Trinajstić information content (AvgIpc) is 2.57. The second kappa shape index (κ2) is 6.88. The molecule has 0 radical (unpaired) electrons. The van der Waals surface area contributed by atoms with Gasteiger partial charge in [0.2, 0.25) is 0 Å². The van der Waals surface area contributed by atoms with Crippen LogP contribution in [0.5, 0.6) is 0 Å². The Balaban J connectivity index is 2.58. The van der Waals surface area contributed by atoms with Crippen molar-refractivity contribution in [3.8, 4) is 0 Å². The van der Waals surface area contributed by atoms with Gasteiger partial charge in [-0.1, -0.05) is 27.7 Å². The van der Waals surface area contributed by atoms with Gasteiger partial charge in [0, 0.05) is 0 Å². The van der Waals surface area contributed by atoms with E-state index in [1.807, 2.05) is 0 Å². The fourth-order valence-corrected chi connectivity index (χ4v) is 2.01. The average molecular weight is 255 g/mol. The Labute approximate surface area is 110 Å². The summed E-state index contributed by atoms with van der Waals surface area (Å²) >= 11 is 0. The Kier molecular flexibility index (Phi) is 5.79. The summed E-state index contributed by atoms with van der Waals surface area (Å²) in [6.45, 7) is 10.4. The molecule has 0 aromatic heterocycles. The molecule has 0 aromatic carbocycles. The lowest BCUT2D eigenvalue weighted by Crippen LogP contribution is -2.40. The zero-order valence-corrected chi connectivity index (χ0v) is 11.9. The predicted octanol–water partition coefficient (Wildman–Crippen LogP) is 2.22. The summed E-state index contributed by atoms with van der Waals surface area (Å²) in [7, 11) is 0. The molecule has 1 aliphatic heterocycles. The van der Waals surface area contributed by atoms with Gasteiger partial charge in [0.1, 0.15) is 6.04 Å². The molecule has 104 valence electrons. The molecule has 0 saturated carbocycles. The molecule has 0 amide bonds. The number of hydrogen-bond acceptors (Lipinski definition) is 4. The number of ether oxygens (including phenoxy) is 1. The van der Waals surface area contributed by atoms with Gasteiger partial charge in [-0.2, -0.15) is 0 Å². The summed E-state index contributed by atoms with van der Waals surface area (Å²) in [6, 6.07) is -0.352. The zero-order valence-electron chi connectivity index (χ0n) is 11.9. The van der Waals surface area contributed by atoms with Gasteiger partial charge in [-0.3, -0.25) is 9.69 Å². The minimum Gasteiger partial charge on any atom is -0.392 e. The lowest BCUT2D eigenvalue weighted by Gasteiger charge is -2.27. The number of carbonyl (C=O) groups is 2. The molecule has 18 heavy (non-hydrogen) atoms. The smallest absolute Gasteiger partial charge is 0.331 e. The second-order valence-corrected chi connectivity index (χ2v) is 5.91. The normalized spacial score (nSPS) is 20.3. The summed E-state index contributed by atoms with van der Waals surface area (Å²) in [5.41, 5.74) is 0.